The third-order valence-corrected chi connectivity index (χ3v) is 7.48. The zero-order valence-corrected chi connectivity index (χ0v) is 20.6. The Hall–Kier alpha value is -3.35. The van der Waals surface area contributed by atoms with Gasteiger partial charge >= 0.3 is 12.1 Å². The molecule has 0 radical (unpaired) electrons. The Bertz CT molecular complexity index is 1070. The standard InChI is InChI=1S/C28H34N2O5/c1-4-18(2)30(16-26(32)33)25(31)15-28(3,19-13-14-19)29-27(34)35-17-24-22-11-7-5-9-20(22)21-10-6-8-12-23(21)24/h5-12,18-19,24H,4,13-17H2,1-3H3,(H,29,34)(H,32,33). The van der Waals surface area contributed by atoms with Crippen LogP contribution in [0.1, 0.15) is 63.5 Å². The van der Waals surface area contributed by atoms with E-state index < -0.39 is 17.6 Å². The summed E-state index contributed by atoms with van der Waals surface area (Å²) in [4.78, 5) is 38.8. The molecule has 2 aliphatic carbocycles. The second-order valence-electron chi connectivity index (χ2n) is 9.99. The zero-order valence-electron chi connectivity index (χ0n) is 20.6. The minimum absolute atomic E-state index is 0.0412. The maximum Gasteiger partial charge on any atom is 0.407 e. The van der Waals surface area contributed by atoms with E-state index in [4.69, 9.17) is 4.74 Å². The fraction of sp³-hybridized carbons (Fsp3) is 0.464. The molecule has 0 saturated heterocycles. The van der Waals surface area contributed by atoms with Crippen molar-refractivity contribution in [3.8, 4) is 11.1 Å². The number of nitrogens with one attached hydrogen (secondary N) is 1. The Kier molecular flexibility index (Phi) is 7.15. The van der Waals surface area contributed by atoms with Crippen LogP contribution in [-0.4, -0.2) is 52.7 Å². The highest BCUT2D eigenvalue weighted by Crippen LogP contribution is 2.45. The number of hydrogen-bond acceptors (Lipinski definition) is 4. The molecule has 2 amide bonds. The first-order valence-electron chi connectivity index (χ1n) is 12.4. The molecule has 0 spiro atoms. The van der Waals surface area contributed by atoms with Crippen molar-refractivity contribution in [2.75, 3.05) is 13.2 Å². The zero-order chi connectivity index (χ0) is 25.2. The van der Waals surface area contributed by atoms with E-state index in [1.165, 1.54) is 4.90 Å². The van der Waals surface area contributed by atoms with Crippen molar-refractivity contribution in [2.24, 2.45) is 5.92 Å². The monoisotopic (exact) mass is 478 g/mol. The molecule has 0 aliphatic heterocycles. The molecule has 7 heteroatoms. The van der Waals surface area contributed by atoms with E-state index in [0.717, 1.165) is 35.1 Å². The van der Waals surface area contributed by atoms with Crippen LogP contribution in [0.5, 0.6) is 0 Å². The van der Waals surface area contributed by atoms with Crippen molar-refractivity contribution < 1.29 is 24.2 Å². The predicted molar refractivity (Wildman–Crippen MR) is 133 cm³/mol. The average Bonchev–Trinajstić information content (AvgIpc) is 3.65. The van der Waals surface area contributed by atoms with Crippen molar-refractivity contribution in [1.82, 2.24) is 10.2 Å². The Balaban J connectivity index is 1.43. The van der Waals surface area contributed by atoms with Gasteiger partial charge in [0.15, 0.2) is 0 Å². The highest BCUT2D eigenvalue weighted by Gasteiger charge is 2.45. The van der Waals surface area contributed by atoms with Crippen LogP contribution in [0.2, 0.25) is 0 Å². The molecule has 7 nitrogen and oxygen atoms in total. The van der Waals surface area contributed by atoms with Gasteiger partial charge in [0, 0.05) is 12.0 Å². The molecule has 2 aromatic rings. The van der Waals surface area contributed by atoms with Crippen LogP contribution in [0.4, 0.5) is 4.79 Å². The van der Waals surface area contributed by atoms with Crippen LogP contribution in [0.25, 0.3) is 11.1 Å². The number of ether oxygens (including phenoxy) is 1. The average molecular weight is 479 g/mol. The molecule has 186 valence electrons. The Morgan fingerprint density at radius 3 is 2.17 bits per heavy atom. The second kappa shape index (κ2) is 10.1. The van der Waals surface area contributed by atoms with E-state index in [1.54, 1.807) is 0 Å². The fourth-order valence-corrected chi connectivity index (χ4v) is 5.15. The topological polar surface area (TPSA) is 95.9 Å². The Morgan fingerprint density at radius 2 is 1.66 bits per heavy atom. The van der Waals surface area contributed by atoms with Gasteiger partial charge in [-0.1, -0.05) is 55.5 Å². The van der Waals surface area contributed by atoms with Gasteiger partial charge in [-0.25, -0.2) is 4.79 Å². The smallest absolute Gasteiger partial charge is 0.407 e. The largest absolute Gasteiger partial charge is 0.480 e. The van der Waals surface area contributed by atoms with E-state index in [-0.39, 0.29) is 43.4 Å². The summed E-state index contributed by atoms with van der Waals surface area (Å²) in [6.45, 7) is 5.47. The minimum atomic E-state index is -1.05. The molecule has 2 unspecified atom stereocenters. The predicted octanol–water partition coefficient (Wildman–Crippen LogP) is 4.80. The number of carboxylic acids is 1. The molecule has 2 atom stereocenters. The number of fused-ring (bicyclic) bond motifs is 3. The maximum absolute atomic E-state index is 13.1. The Labute approximate surface area is 206 Å². The van der Waals surface area contributed by atoms with Gasteiger partial charge in [-0.3, -0.25) is 9.59 Å². The van der Waals surface area contributed by atoms with E-state index in [2.05, 4.69) is 29.6 Å². The molecular formula is C28H34N2O5. The summed E-state index contributed by atoms with van der Waals surface area (Å²) in [7, 11) is 0. The third kappa shape index (κ3) is 5.34. The summed E-state index contributed by atoms with van der Waals surface area (Å²) in [6, 6.07) is 16.1. The summed E-state index contributed by atoms with van der Waals surface area (Å²) in [5.41, 5.74) is 3.81. The van der Waals surface area contributed by atoms with E-state index in [0.29, 0.717) is 6.42 Å². The summed E-state index contributed by atoms with van der Waals surface area (Å²) < 4.78 is 5.72. The first-order chi connectivity index (χ1) is 16.7. The number of alkyl carbamates (subject to hydrolysis) is 1. The van der Waals surface area contributed by atoms with E-state index >= 15 is 0 Å². The van der Waals surface area contributed by atoms with Gasteiger partial charge in [0.2, 0.25) is 5.91 Å². The highest BCUT2D eigenvalue weighted by molar-refractivity contribution is 5.83. The first kappa shape index (κ1) is 24.8. The van der Waals surface area contributed by atoms with Crippen molar-refractivity contribution in [1.29, 1.82) is 0 Å². The molecule has 2 N–H and O–H groups in total. The SMILES string of the molecule is CCC(C)N(CC(=O)O)C(=O)CC(C)(NC(=O)OCC1c2ccccc2-c2ccccc21)C1CC1. The lowest BCUT2D eigenvalue weighted by molar-refractivity contribution is -0.146. The van der Waals surface area contributed by atoms with Gasteiger partial charge in [-0.15, -0.1) is 0 Å². The number of hydrogen-bond donors (Lipinski definition) is 2. The molecule has 1 saturated carbocycles. The molecule has 4 rings (SSSR count). The number of rotatable bonds is 10. The first-order valence-corrected chi connectivity index (χ1v) is 12.4. The van der Waals surface area contributed by atoms with Gasteiger partial charge in [-0.05, 0) is 61.3 Å². The van der Waals surface area contributed by atoms with E-state index in [9.17, 15) is 19.5 Å². The number of carbonyl (C=O) groups is 3. The van der Waals surface area contributed by atoms with Gasteiger partial charge < -0.3 is 20.1 Å². The van der Waals surface area contributed by atoms with Crippen molar-refractivity contribution in [2.45, 2.75) is 64.0 Å². The number of carboxylic acid groups (broad SMARTS) is 1. The van der Waals surface area contributed by atoms with Crippen LogP contribution in [0.3, 0.4) is 0 Å². The molecular weight excluding hydrogens is 444 g/mol. The molecule has 2 aromatic carbocycles. The lowest BCUT2D eigenvalue weighted by Gasteiger charge is -2.34. The van der Waals surface area contributed by atoms with Crippen molar-refractivity contribution in [3.63, 3.8) is 0 Å². The van der Waals surface area contributed by atoms with Gasteiger partial charge in [0.25, 0.3) is 0 Å². The number of aliphatic carboxylic acids is 1. The quantitative estimate of drug-likeness (QED) is 0.512. The minimum Gasteiger partial charge on any atom is -0.480 e. The van der Waals surface area contributed by atoms with Gasteiger partial charge in [0.05, 0.1) is 12.0 Å². The van der Waals surface area contributed by atoms with Crippen molar-refractivity contribution >= 4 is 18.0 Å². The highest BCUT2D eigenvalue weighted by atomic mass is 16.5. The summed E-state index contributed by atoms with van der Waals surface area (Å²) >= 11 is 0. The Morgan fingerprint density at radius 1 is 1.09 bits per heavy atom. The van der Waals surface area contributed by atoms with Crippen LogP contribution in [-0.2, 0) is 14.3 Å². The fourth-order valence-electron chi connectivity index (χ4n) is 5.15. The summed E-state index contributed by atoms with van der Waals surface area (Å²) in [5.74, 6) is -1.19. The molecule has 0 aromatic heterocycles. The molecule has 0 heterocycles. The van der Waals surface area contributed by atoms with Crippen molar-refractivity contribution in [3.05, 3.63) is 59.7 Å². The maximum atomic E-state index is 13.1. The number of carbonyl (C=O) groups excluding carboxylic acids is 2. The molecule has 0 bridgehead atoms. The van der Waals surface area contributed by atoms with Gasteiger partial charge in [0.1, 0.15) is 13.2 Å². The lowest BCUT2D eigenvalue weighted by Crippen LogP contribution is -2.53. The van der Waals surface area contributed by atoms with Crippen LogP contribution < -0.4 is 5.32 Å². The lowest BCUT2D eigenvalue weighted by atomic mass is 9.90. The summed E-state index contributed by atoms with van der Waals surface area (Å²) in [5, 5.41) is 12.2. The van der Waals surface area contributed by atoms with Crippen LogP contribution in [0, 0.1) is 5.92 Å². The van der Waals surface area contributed by atoms with Crippen LogP contribution >= 0.6 is 0 Å². The second-order valence-corrected chi connectivity index (χ2v) is 9.99. The summed E-state index contributed by atoms with van der Waals surface area (Å²) in [6.07, 6.45) is 1.96. The number of amides is 2. The molecule has 2 aliphatic rings. The van der Waals surface area contributed by atoms with Crippen LogP contribution in [0.15, 0.2) is 48.5 Å². The normalized spacial score (nSPS) is 17.0. The van der Waals surface area contributed by atoms with Gasteiger partial charge in [-0.2, -0.15) is 0 Å². The van der Waals surface area contributed by atoms with E-state index in [1.807, 2.05) is 45.0 Å². The third-order valence-electron chi connectivity index (χ3n) is 7.48. The molecule has 35 heavy (non-hydrogen) atoms. The number of nitrogens with zero attached hydrogens (tertiary/aromatic N) is 1. The number of benzene rings is 2. The molecule has 1 fully saturated rings.